The van der Waals surface area contributed by atoms with Crippen LogP contribution in [-0.4, -0.2) is 28.4 Å². The quantitative estimate of drug-likeness (QED) is 0.494. The van der Waals surface area contributed by atoms with Crippen LogP contribution < -0.4 is 16.7 Å². The zero-order valence-corrected chi connectivity index (χ0v) is 17.3. The van der Waals surface area contributed by atoms with Crippen LogP contribution in [0.4, 0.5) is 5.69 Å². The van der Waals surface area contributed by atoms with Crippen molar-refractivity contribution in [1.82, 2.24) is 14.5 Å². The topological polar surface area (TPSA) is 99.1 Å². The van der Waals surface area contributed by atoms with Crippen LogP contribution >= 0.6 is 0 Å². The van der Waals surface area contributed by atoms with Crippen molar-refractivity contribution in [2.24, 2.45) is 7.05 Å². The molecule has 3 aromatic rings. The van der Waals surface area contributed by atoms with Gasteiger partial charge >= 0.3 is 5.69 Å². The first-order chi connectivity index (χ1) is 14.0. The maximum atomic E-state index is 12.7. The SMILES string of the molecule is CC.CNC(=O)CCC(C=O)n1c(=O)n(C)c2cc(-c3ccc(N)cc3)ccc21. The molecule has 1 unspecified atom stereocenters. The zero-order chi connectivity index (χ0) is 21.6. The minimum Gasteiger partial charge on any atom is -0.399 e. The lowest BCUT2D eigenvalue weighted by atomic mass is 10.0. The molecule has 154 valence electrons. The van der Waals surface area contributed by atoms with Crippen LogP contribution in [0.25, 0.3) is 22.2 Å². The van der Waals surface area contributed by atoms with Crippen LogP contribution in [0.2, 0.25) is 0 Å². The summed E-state index contributed by atoms with van der Waals surface area (Å²) in [7, 11) is 3.22. The van der Waals surface area contributed by atoms with Gasteiger partial charge in [0, 0.05) is 26.2 Å². The van der Waals surface area contributed by atoms with Gasteiger partial charge in [-0.05, 0) is 41.8 Å². The Kier molecular flexibility index (Phi) is 7.36. The third-order valence-electron chi connectivity index (χ3n) is 4.77. The highest BCUT2D eigenvalue weighted by atomic mass is 16.2. The number of nitrogen functional groups attached to an aromatic ring is 1. The minimum atomic E-state index is -0.694. The van der Waals surface area contributed by atoms with Gasteiger partial charge < -0.3 is 15.8 Å². The number of benzene rings is 2. The fraction of sp³-hybridized carbons (Fsp3) is 0.318. The highest BCUT2D eigenvalue weighted by molar-refractivity contribution is 5.84. The Morgan fingerprint density at radius 1 is 1.10 bits per heavy atom. The number of aromatic nitrogens is 2. The number of hydrogen-bond donors (Lipinski definition) is 2. The van der Waals surface area contributed by atoms with Crippen LogP contribution in [0.5, 0.6) is 0 Å². The summed E-state index contributed by atoms with van der Waals surface area (Å²) >= 11 is 0. The molecule has 0 saturated carbocycles. The number of nitrogens with two attached hydrogens (primary N) is 1. The third-order valence-corrected chi connectivity index (χ3v) is 4.77. The summed E-state index contributed by atoms with van der Waals surface area (Å²) in [5.74, 6) is -0.166. The fourth-order valence-electron chi connectivity index (χ4n) is 3.20. The molecule has 0 fully saturated rings. The summed E-state index contributed by atoms with van der Waals surface area (Å²) in [5.41, 5.74) is 9.46. The summed E-state index contributed by atoms with van der Waals surface area (Å²) in [4.78, 5) is 35.9. The molecular formula is C22H28N4O3. The molecule has 7 heteroatoms. The van der Waals surface area contributed by atoms with Crippen LogP contribution in [0.3, 0.4) is 0 Å². The maximum Gasteiger partial charge on any atom is 0.329 e. The molecule has 1 aromatic heterocycles. The van der Waals surface area contributed by atoms with Crippen molar-refractivity contribution in [3.63, 3.8) is 0 Å². The molecule has 0 radical (unpaired) electrons. The van der Waals surface area contributed by atoms with E-state index >= 15 is 0 Å². The normalized spacial score (nSPS) is 11.4. The molecule has 3 N–H and O–H groups in total. The molecule has 0 aliphatic carbocycles. The molecule has 29 heavy (non-hydrogen) atoms. The molecule has 1 amide bonds. The number of imidazole rings is 1. The average molecular weight is 396 g/mol. The molecule has 0 aliphatic heterocycles. The summed E-state index contributed by atoms with van der Waals surface area (Å²) in [6.45, 7) is 4.00. The highest BCUT2D eigenvalue weighted by Crippen LogP contribution is 2.26. The van der Waals surface area contributed by atoms with Gasteiger partial charge in [0.25, 0.3) is 0 Å². The lowest BCUT2D eigenvalue weighted by molar-refractivity contribution is -0.121. The second-order valence-electron chi connectivity index (χ2n) is 6.45. The van der Waals surface area contributed by atoms with Crippen molar-refractivity contribution in [1.29, 1.82) is 0 Å². The van der Waals surface area contributed by atoms with E-state index in [1.165, 1.54) is 9.13 Å². The first kappa shape index (κ1) is 21.9. The van der Waals surface area contributed by atoms with Gasteiger partial charge in [0.15, 0.2) is 0 Å². The van der Waals surface area contributed by atoms with E-state index in [0.29, 0.717) is 11.2 Å². The number of aryl methyl sites for hydroxylation is 1. The zero-order valence-electron chi connectivity index (χ0n) is 17.3. The Labute approximate surface area is 170 Å². The standard InChI is InChI=1S/C20H22N4O3.C2H6/c1-22-19(26)10-8-16(12-25)24-17-9-5-14(11-18(17)23(2)20(24)27)13-3-6-15(21)7-4-13;1-2/h3-7,9,11-12,16H,8,10,21H2,1-2H3,(H,22,26);1-2H3. The predicted molar refractivity (Wildman–Crippen MR) is 117 cm³/mol. The number of hydrogen-bond acceptors (Lipinski definition) is 4. The van der Waals surface area contributed by atoms with Gasteiger partial charge in [0.1, 0.15) is 6.29 Å². The number of rotatable bonds is 6. The molecule has 1 atom stereocenters. The van der Waals surface area contributed by atoms with Gasteiger partial charge in [0.05, 0.1) is 17.1 Å². The number of aldehydes is 1. The van der Waals surface area contributed by atoms with Crippen LogP contribution in [0.15, 0.2) is 47.3 Å². The fourth-order valence-corrected chi connectivity index (χ4v) is 3.20. The highest BCUT2D eigenvalue weighted by Gasteiger charge is 2.20. The Hall–Kier alpha value is -3.35. The van der Waals surface area contributed by atoms with Gasteiger partial charge in [-0.3, -0.25) is 13.9 Å². The second kappa shape index (κ2) is 9.73. The molecule has 7 nitrogen and oxygen atoms in total. The molecule has 0 spiro atoms. The van der Waals surface area contributed by atoms with E-state index in [0.717, 1.165) is 22.9 Å². The number of nitrogens with one attached hydrogen (secondary N) is 1. The molecule has 0 saturated heterocycles. The van der Waals surface area contributed by atoms with E-state index in [2.05, 4.69) is 5.32 Å². The second-order valence-corrected chi connectivity index (χ2v) is 6.45. The Morgan fingerprint density at radius 2 is 1.72 bits per heavy atom. The molecular weight excluding hydrogens is 368 g/mol. The van der Waals surface area contributed by atoms with Gasteiger partial charge in [-0.25, -0.2) is 4.79 Å². The minimum absolute atomic E-state index is 0.166. The first-order valence-corrected chi connectivity index (χ1v) is 9.69. The van der Waals surface area contributed by atoms with E-state index in [1.54, 1.807) is 14.1 Å². The van der Waals surface area contributed by atoms with Crippen molar-refractivity contribution < 1.29 is 9.59 Å². The van der Waals surface area contributed by atoms with E-state index < -0.39 is 6.04 Å². The number of carbonyl (C=O) groups is 2. The Bertz CT molecular complexity index is 1050. The summed E-state index contributed by atoms with van der Waals surface area (Å²) in [5, 5.41) is 2.53. The van der Waals surface area contributed by atoms with Gasteiger partial charge in [-0.2, -0.15) is 0 Å². The largest absolute Gasteiger partial charge is 0.399 e. The molecule has 0 aliphatic rings. The van der Waals surface area contributed by atoms with Crippen LogP contribution in [0, 0.1) is 0 Å². The number of fused-ring (bicyclic) bond motifs is 1. The van der Waals surface area contributed by atoms with E-state index in [-0.39, 0.29) is 24.4 Å². The summed E-state index contributed by atoms with van der Waals surface area (Å²) < 4.78 is 2.98. The number of anilines is 1. The van der Waals surface area contributed by atoms with Gasteiger partial charge in [-0.15, -0.1) is 0 Å². The van der Waals surface area contributed by atoms with Crippen LogP contribution in [-0.2, 0) is 16.6 Å². The third kappa shape index (κ3) is 4.56. The monoisotopic (exact) mass is 396 g/mol. The van der Waals surface area contributed by atoms with Gasteiger partial charge in [-0.1, -0.05) is 32.0 Å². The van der Waals surface area contributed by atoms with Crippen molar-refractivity contribution >= 4 is 28.9 Å². The maximum absolute atomic E-state index is 12.7. The van der Waals surface area contributed by atoms with E-state index in [1.807, 2.05) is 56.3 Å². The molecule has 3 rings (SSSR count). The smallest absolute Gasteiger partial charge is 0.329 e. The molecule has 2 aromatic carbocycles. The van der Waals surface area contributed by atoms with E-state index in [4.69, 9.17) is 5.73 Å². The number of carbonyl (C=O) groups excluding carboxylic acids is 2. The Morgan fingerprint density at radius 3 is 2.31 bits per heavy atom. The summed E-state index contributed by atoms with van der Waals surface area (Å²) in [6.07, 6.45) is 1.16. The first-order valence-electron chi connectivity index (χ1n) is 9.69. The number of nitrogens with zero attached hydrogens (tertiary/aromatic N) is 2. The average Bonchev–Trinajstić information content (AvgIpc) is 3.00. The lowest BCUT2D eigenvalue weighted by Gasteiger charge is -2.12. The summed E-state index contributed by atoms with van der Waals surface area (Å²) in [6, 6.07) is 12.5. The van der Waals surface area contributed by atoms with E-state index in [9.17, 15) is 14.4 Å². The number of amides is 1. The molecule has 1 heterocycles. The van der Waals surface area contributed by atoms with Crippen LogP contribution in [0.1, 0.15) is 32.7 Å². The van der Waals surface area contributed by atoms with Crippen molar-refractivity contribution in [2.75, 3.05) is 12.8 Å². The predicted octanol–water partition coefficient (Wildman–Crippen LogP) is 2.88. The van der Waals surface area contributed by atoms with Crippen molar-refractivity contribution in [2.45, 2.75) is 32.7 Å². The lowest BCUT2D eigenvalue weighted by Crippen LogP contribution is -2.28. The van der Waals surface area contributed by atoms with Crippen molar-refractivity contribution in [3.05, 3.63) is 52.9 Å². The molecule has 0 bridgehead atoms. The Balaban J connectivity index is 0.00000145. The van der Waals surface area contributed by atoms with Gasteiger partial charge in [0.2, 0.25) is 5.91 Å². The van der Waals surface area contributed by atoms with Crippen molar-refractivity contribution in [3.8, 4) is 11.1 Å².